The van der Waals surface area contributed by atoms with Gasteiger partial charge in [-0.25, -0.2) is 0 Å². The third-order valence-corrected chi connectivity index (χ3v) is 8.70. The van der Waals surface area contributed by atoms with Crippen molar-refractivity contribution < 1.29 is 14.3 Å². The number of amides is 2. The van der Waals surface area contributed by atoms with Crippen molar-refractivity contribution in [2.24, 2.45) is 5.92 Å². The van der Waals surface area contributed by atoms with Crippen LogP contribution in [-0.2, 0) is 27.4 Å². The van der Waals surface area contributed by atoms with Crippen molar-refractivity contribution >= 4 is 28.3 Å². The molecule has 40 heavy (non-hydrogen) atoms. The Balaban J connectivity index is 1.43. The van der Waals surface area contributed by atoms with Gasteiger partial charge in [-0.15, -0.1) is 0 Å². The first-order valence-corrected chi connectivity index (χ1v) is 14.3. The monoisotopic (exact) mass is 531 g/mol. The maximum atomic E-state index is 14.3. The largest absolute Gasteiger partial charge is 0.376 e. The lowest BCUT2D eigenvalue weighted by molar-refractivity contribution is -0.137. The molecule has 0 saturated carbocycles. The van der Waals surface area contributed by atoms with Crippen molar-refractivity contribution in [3.8, 4) is 0 Å². The van der Waals surface area contributed by atoms with Crippen LogP contribution in [0.15, 0.2) is 102 Å². The quantitative estimate of drug-likeness (QED) is 0.421. The number of nitrogens with zero attached hydrogens (tertiary/aromatic N) is 3. The predicted octanol–water partition coefficient (Wildman–Crippen LogP) is 5.47. The average molecular weight is 532 g/mol. The van der Waals surface area contributed by atoms with Crippen LogP contribution in [0.3, 0.4) is 0 Å². The summed E-state index contributed by atoms with van der Waals surface area (Å²) in [4.78, 5) is 32.4. The topological polar surface area (TPSA) is 54.8 Å². The standard InChI is InChI=1S/C34H33N3O3/c1-2-24-16-17-35-21-27(25-12-6-8-14-29(25)35)31-32(34(39)37(33(31)38)20-23-10-4-3-5-11-23)28-22-36(18-19-40-24)30-15-9-7-13-26(28)30/h3-15,21-22,24-25,29H,2,16-20H2,1H3/t24-,25?,29?/m0/s1. The second-order valence-electron chi connectivity index (χ2n) is 11.0. The van der Waals surface area contributed by atoms with Crippen molar-refractivity contribution in [1.29, 1.82) is 0 Å². The van der Waals surface area contributed by atoms with E-state index in [1.807, 2.05) is 42.5 Å². The molecule has 3 aliphatic heterocycles. The van der Waals surface area contributed by atoms with Crippen LogP contribution in [-0.4, -0.2) is 51.5 Å². The summed E-state index contributed by atoms with van der Waals surface area (Å²) < 4.78 is 8.53. The van der Waals surface area contributed by atoms with Gasteiger partial charge in [0.05, 0.1) is 36.4 Å². The van der Waals surface area contributed by atoms with Gasteiger partial charge in [0, 0.05) is 47.9 Å². The molecule has 2 aromatic carbocycles. The average Bonchev–Trinajstić information content (AvgIpc) is 3.61. The van der Waals surface area contributed by atoms with E-state index in [2.05, 4.69) is 65.2 Å². The molecule has 0 saturated heterocycles. The van der Waals surface area contributed by atoms with Crippen LogP contribution in [0.1, 0.15) is 30.9 Å². The highest BCUT2D eigenvalue weighted by atomic mass is 16.5. The molecule has 0 fully saturated rings. The van der Waals surface area contributed by atoms with Crippen molar-refractivity contribution in [2.75, 3.05) is 13.2 Å². The second kappa shape index (κ2) is 10.1. The van der Waals surface area contributed by atoms with Crippen LogP contribution in [0, 0.1) is 5.92 Å². The molecule has 2 amide bonds. The molecule has 6 nitrogen and oxygen atoms in total. The molecule has 3 aromatic rings. The van der Waals surface area contributed by atoms with E-state index >= 15 is 0 Å². The minimum atomic E-state index is -0.229. The first-order valence-electron chi connectivity index (χ1n) is 14.3. The number of allylic oxidation sites excluding steroid dienone is 2. The minimum Gasteiger partial charge on any atom is -0.376 e. The summed E-state index contributed by atoms with van der Waals surface area (Å²) >= 11 is 0. The highest BCUT2D eigenvalue weighted by Gasteiger charge is 2.46. The van der Waals surface area contributed by atoms with E-state index in [0.717, 1.165) is 47.0 Å². The summed E-state index contributed by atoms with van der Waals surface area (Å²) in [6, 6.07) is 18.0. The Morgan fingerprint density at radius 2 is 1.68 bits per heavy atom. The van der Waals surface area contributed by atoms with E-state index in [1.165, 1.54) is 4.90 Å². The summed E-state index contributed by atoms with van der Waals surface area (Å²) in [5.41, 5.74) is 4.77. The van der Waals surface area contributed by atoms with Crippen molar-refractivity contribution in [1.82, 2.24) is 14.4 Å². The van der Waals surface area contributed by atoms with Gasteiger partial charge in [0.25, 0.3) is 11.8 Å². The van der Waals surface area contributed by atoms with Gasteiger partial charge in [0.1, 0.15) is 0 Å². The molecule has 3 atom stereocenters. The summed E-state index contributed by atoms with van der Waals surface area (Å²) in [6.07, 6.45) is 14.7. The van der Waals surface area contributed by atoms with E-state index < -0.39 is 0 Å². The number of carbonyl (C=O) groups excluding carboxylic acids is 2. The zero-order valence-corrected chi connectivity index (χ0v) is 22.7. The number of fused-ring (bicyclic) bond motifs is 11. The van der Waals surface area contributed by atoms with Crippen LogP contribution in [0.4, 0.5) is 0 Å². The normalized spacial score (nSPS) is 24.4. The van der Waals surface area contributed by atoms with Gasteiger partial charge in [0.15, 0.2) is 0 Å². The number of rotatable bonds is 3. The number of aromatic nitrogens is 1. The Bertz CT molecular complexity index is 1610. The van der Waals surface area contributed by atoms with Gasteiger partial charge in [-0.05, 0) is 30.0 Å². The number of para-hydroxylation sites is 1. The molecule has 0 N–H and O–H groups in total. The van der Waals surface area contributed by atoms with E-state index in [4.69, 9.17) is 4.74 Å². The highest BCUT2D eigenvalue weighted by Crippen LogP contribution is 2.45. The zero-order chi connectivity index (χ0) is 27.2. The SMILES string of the molecule is CC[C@H]1CCN2C=C(C3=C(C(=O)N(Cc4ccccc4)C3=O)c3cn(c4ccccc34)CCO1)C1C=CC=CC12. The molecule has 4 heterocycles. The molecule has 4 aliphatic rings. The smallest absolute Gasteiger partial charge is 0.262 e. The van der Waals surface area contributed by atoms with Gasteiger partial charge in [-0.1, -0.05) is 79.8 Å². The van der Waals surface area contributed by atoms with Crippen LogP contribution in [0.2, 0.25) is 0 Å². The van der Waals surface area contributed by atoms with Gasteiger partial charge < -0.3 is 14.2 Å². The molecule has 4 bridgehead atoms. The highest BCUT2D eigenvalue weighted by molar-refractivity contribution is 6.38. The molecular weight excluding hydrogens is 498 g/mol. The number of benzene rings is 2. The first-order chi connectivity index (χ1) is 19.6. The Kier molecular flexibility index (Phi) is 6.28. The molecule has 0 radical (unpaired) electrons. The first kappa shape index (κ1) is 24.9. The third-order valence-electron chi connectivity index (χ3n) is 8.70. The lowest BCUT2D eigenvalue weighted by atomic mass is 9.84. The van der Waals surface area contributed by atoms with Crippen LogP contribution < -0.4 is 0 Å². The Labute approximate surface area is 234 Å². The number of carbonyl (C=O) groups is 2. The Morgan fingerprint density at radius 3 is 2.52 bits per heavy atom. The summed E-state index contributed by atoms with van der Waals surface area (Å²) in [6.45, 7) is 4.52. The molecule has 202 valence electrons. The van der Waals surface area contributed by atoms with Gasteiger partial charge in [-0.2, -0.15) is 0 Å². The van der Waals surface area contributed by atoms with Gasteiger partial charge in [0.2, 0.25) is 0 Å². The lowest BCUT2D eigenvalue weighted by Gasteiger charge is -2.29. The molecule has 6 heteroatoms. The summed E-state index contributed by atoms with van der Waals surface area (Å²) in [5, 5.41) is 0.978. The zero-order valence-electron chi connectivity index (χ0n) is 22.7. The molecule has 1 aromatic heterocycles. The Hall–Kier alpha value is -4.16. The van der Waals surface area contributed by atoms with Crippen LogP contribution in [0.25, 0.3) is 16.5 Å². The molecule has 7 rings (SSSR count). The second-order valence-corrected chi connectivity index (χ2v) is 11.0. The fraction of sp³-hybridized carbons (Fsp3) is 0.294. The third kappa shape index (κ3) is 4.06. The lowest BCUT2D eigenvalue weighted by Crippen LogP contribution is -2.34. The predicted molar refractivity (Wildman–Crippen MR) is 156 cm³/mol. The summed E-state index contributed by atoms with van der Waals surface area (Å²) in [5.74, 6) is -0.437. The van der Waals surface area contributed by atoms with E-state index in [1.54, 1.807) is 0 Å². The molecular formula is C34H33N3O3. The van der Waals surface area contributed by atoms with Crippen LogP contribution in [0.5, 0.6) is 0 Å². The Morgan fingerprint density at radius 1 is 0.900 bits per heavy atom. The molecule has 0 spiro atoms. The van der Waals surface area contributed by atoms with E-state index in [0.29, 0.717) is 24.3 Å². The maximum absolute atomic E-state index is 14.3. The minimum absolute atomic E-state index is 0.00268. The fourth-order valence-corrected chi connectivity index (χ4v) is 6.65. The number of ether oxygens (including phenoxy) is 1. The number of hydrogen-bond acceptors (Lipinski definition) is 4. The van der Waals surface area contributed by atoms with Crippen molar-refractivity contribution in [2.45, 2.75) is 45.0 Å². The van der Waals surface area contributed by atoms with E-state index in [-0.39, 0.29) is 36.4 Å². The molecule has 2 unspecified atom stereocenters. The molecule has 1 aliphatic carbocycles. The van der Waals surface area contributed by atoms with Crippen molar-refractivity contribution in [3.63, 3.8) is 0 Å². The maximum Gasteiger partial charge on any atom is 0.262 e. The van der Waals surface area contributed by atoms with Crippen molar-refractivity contribution in [3.05, 3.63) is 114 Å². The van der Waals surface area contributed by atoms with Crippen LogP contribution >= 0.6 is 0 Å². The number of hydrogen-bond donors (Lipinski definition) is 0. The van der Waals surface area contributed by atoms with Gasteiger partial charge in [-0.3, -0.25) is 14.5 Å². The van der Waals surface area contributed by atoms with Gasteiger partial charge >= 0.3 is 0 Å². The fourth-order valence-electron chi connectivity index (χ4n) is 6.65. The summed E-state index contributed by atoms with van der Waals surface area (Å²) in [7, 11) is 0. The number of imide groups is 1. The van der Waals surface area contributed by atoms with E-state index in [9.17, 15) is 9.59 Å².